The smallest absolute Gasteiger partial charge is 0.410 e. The monoisotopic (exact) mass is 401 g/mol. The molecule has 1 aromatic heterocycles. The van der Waals surface area contributed by atoms with Gasteiger partial charge in [0.05, 0.1) is 12.2 Å². The van der Waals surface area contributed by atoms with E-state index in [1.807, 2.05) is 24.3 Å². The van der Waals surface area contributed by atoms with Gasteiger partial charge in [-0.15, -0.1) is 5.10 Å². The molecule has 7 heteroatoms. The Bertz CT molecular complexity index is 1120. The van der Waals surface area contributed by atoms with Crippen LogP contribution in [0.5, 0.6) is 0 Å². The molecule has 0 spiro atoms. The predicted molar refractivity (Wildman–Crippen MR) is 108 cm³/mol. The number of hydrogen-bond donors (Lipinski definition) is 1. The highest BCUT2D eigenvalue weighted by atomic mass is 16.6. The zero-order chi connectivity index (χ0) is 20.7. The van der Waals surface area contributed by atoms with Crippen LogP contribution in [0.4, 0.5) is 4.79 Å². The second-order valence-electron chi connectivity index (χ2n) is 7.48. The molecule has 0 atom stereocenters. The van der Waals surface area contributed by atoms with Crippen molar-refractivity contribution in [2.75, 3.05) is 13.2 Å². The van der Waals surface area contributed by atoms with Crippen LogP contribution >= 0.6 is 0 Å². The first-order valence-electron chi connectivity index (χ1n) is 9.80. The van der Waals surface area contributed by atoms with Crippen molar-refractivity contribution in [3.8, 4) is 11.1 Å². The average molecular weight is 401 g/mol. The fraction of sp³-hybridized carbons (Fsp3) is 0.217. The van der Waals surface area contributed by atoms with Gasteiger partial charge in [-0.2, -0.15) is 5.10 Å². The van der Waals surface area contributed by atoms with E-state index in [1.165, 1.54) is 17.2 Å². The number of rotatable bonds is 3. The lowest BCUT2D eigenvalue weighted by Gasteiger charge is -2.28. The Morgan fingerprint density at radius 1 is 1.03 bits per heavy atom. The molecule has 0 saturated heterocycles. The highest BCUT2D eigenvalue weighted by Gasteiger charge is 2.30. The number of carbonyl (C=O) groups is 2. The third-order valence-electron chi connectivity index (χ3n) is 5.75. The minimum absolute atomic E-state index is 0.00269. The van der Waals surface area contributed by atoms with Crippen LogP contribution in [0.25, 0.3) is 11.1 Å². The number of benzene rings is 2. The normalized spacial score (nSPS) is 14.6. The first-order chi connectivity index (χ1) is 14.6. The minimum Gasteiger partial charge on any atom is -0.476 e. The minimum atomic E-state index is -1.14. The van der Waals surface area contributed by atoms with Gasteiger partial charge in [0, 0.05) is 18.9 Å². The van der Waals surface area contributed by atoms with Crippen molar-refractivity contribution in [2.24, 2.45) is 0 Å². The lowest BCUT2D eigenvalue weighted by Crippen LogP contribution is -2.37. The van der Waals surface area contributed by atoms with Gasteiger partial charge in [-0.25, -0.2) is 9.59 Å². The molecule has 150 valence electrons. The number of amides is 1. The molecule has 0 fully saturated rings. The van der Waals surface area contributed by atoms with Gasteiger partial charge < -0.3 is 14.7 Å². The molecule has 2 aliphatic rings. The molecule has 1 N–H and O–H groups in total. The molecule has 0 saturated carbocycles. The Kier molecular flexibility index (Phi) is 4.43. The first-order valence-corrected chi connectivity index (χ1v) is 9.80. The molecular weight excluding hydrogens is 382 g/mol. The zero-order valence-corrected chi connectivity index (χ0v) is 16.1. The van der Waals surface area contributed by atoms with Crippen molar-refractivity contribution in [3.05, 3.63) is 82.7 Å². The third-order valence-corrected chi connectivity index (χ3v) is 5.75. The molecule has 0 radical (unpaired) electrons. The van der Waals surface area contributed by atoms with E-state index >= 15 is 0 Å². The van der Waals surface area contributed by atoms with Crippen LogP contribution in [0.3, 0.4) is 0 Å². The maximum absolute atomic E-state index is 12.8. The number of carbonyl (C=O) groups excluding carboxylic acids is 1. The van der Waals surface area contributed by atoms with E-state index in [0.29, 0.717) is 18.5 Å². The molecule has 1 amide bonds. The summed E-state index contributed by atoms with van der Waals surface area (Å²) in [7, 11) is 0. The van der Waals surface area contributed by atoms with Crippen LogP contribution in [-0.2, 0) is 17.7 Å². The van der Waals surface area contributed by atoms with Crippen LogP contribution in [0.2, 0.25) is 0 Å². The molecule has 30 heavy (non-hydrogen) atoms. The maximum Gasteiger partial charge on any atom is 0.410 e. The van der Waals surface area contributed by atoms with Gasteiger partial charge in [0.15, 0.2) is 5.69 Å². The van der Waals surface area contributed by atoms with Gasteiger partial charge in [0.2, 0.25) is 0 Å². The van der Waals surface area contributed by atoms with Gasteiger partial charge in [-0.1, -0.05) is 48.5 Å². The molecule has 2 aromatic carbocycles. The van der Waals surface area contributed by atoms with Crippen molar-refractivity contribution in [2.45, 2.75) is 18.9 Å². The van der Waals surface area contributed by atoms with Crippen LogP contribution in [0, 0.1) is 0 Å². The van der Waals surface area contributed by atoms with E-state index in [0.717, 1.165) is 16.8 Å². The van der Waals surface area contributed by atoms with E-state index in [9.17, 15) is 9.59 Å². The molecular formula is C23H19N3O4. The molecule has 1 aliphatic carbocycles. The van der Waals surface area contributed by atoms with Crippen LogP contribution < -0.4 is 0 Å². The van der Waals surface area contributed by atoms with E-state index in [1.54, 1.807) is 4.90 Å². The standard InChI is InChI=1S/C23H19N3O4/c27-22(28)21-11-14-12-26(10-9-20(14)24-25-21)23(29)30-13-19-17-7-3-1-5-15(17)16-6-2-4-8-18(16)19/h1-8,11,19H,9-10,12-13H2,(H,27,28). The topological polar surface area (TPSA) is 92.6 Å². The predicted octanol–water partition coefficient (Wildman–Crippen LogP) is 3.48. The number of ether oxygens (including phenoxy) is 1. The molecule has 1 aliphatic heterocycles. The molecule has 3 aromatic rings. The Balaban J connectivity index is 1.31. The van der Waals surface area contributed by atoms with Gasteiger partial charge in [0.25, 0.3) is 0 Å². The second-order valence-corrected chi connectivity index (χ2v) is 7.48. The highest BCUT2D eigenvalue weighted by molar-refractivity contribution is 5.85. The largest absolute Gasteiger partial charge is 0.476 e. The zero-order valence-electron chi connectivity index (χ0n) is 16.1. The summed E-state index contributed by atoms with van der Waals surface area (Å²) < 4.78 is 5.71. The number of aromatic nitrogens is 2. The van der Waals surface area contributed by atoms with Crippen LogP contribution in [-0.4, -0.2) is 45.4 Å². The highest BCUT2D eigenvalue weighted by Crippen LogP contribution is 2.44. The summed E-state index contributed by atoms with van der Waals surface area (Å²) in [4.78, 5) is 25.5. The van der Waals surface area contributed by atoms with E-state index in [4.69, 9.17) is 9.84 Å². The third kappa shape index (κ3) is 3.08. The van der Waals surface area contributed by atoms with Crippen molar-refractivity contribution in [3.63, 3.8) is 0 Å². The van der Waals surface area contributed by atoms with Crippen molar-refractivity contribution >= 4 is 12.1 Å². The summed E-state index contributed by atoms with van der Waals surface area (Å²) in [6.45, 7) is 0.984. The van der Waals surface area contributed by atoms with Gasteiger partial charge >= 0.3 is 12.1 Å². The first kappa shape index (κ1) is 18.3. The number of hydrogen-bond acceptors (Lipinski definition) is 5. The molecule has 0 bridgehead atoms. The quantitative estimate of drug-likeness (QED) is 0.722. The number of carboxylic acid groups (broad SMARTS) is 1. The van der Waals surface area contributed by atoms with E-state index in [2.05, 4.69) is 34.5 Å². The Morgan fingerprint density at radius 3 is 2.37 bits per heavy atom. The fourth-order valence-corrected chi connectivity index (χ4v) is 4.27. The summed E-state index contributed by atoms with van der Waals surface area (Å²) in [5.41, 5.74) is 5.99. The molecule has 5 rings (SSSR count). The van der Waals surface area contributed by atoms with Crippen molar-refractivity contribution in [1.82, 2.24) is 15.1 Å². The number of carboxylic acids is 1. The number of fused-ring (bicyclic) bond motifs is 4. The summed E-state index contributed by atoms with van der Waals surface area (Å²) in [5, 5.41) is 16.8. The van der Waals surface area contributed by atoms with Crippen LogP contribution in [0.1, 0.15) is 38.8 Å². The van der Waals surface area contributed by atoms with E-state index < -0.39 is 12.1 Å². The second kappa shape index (κ2) is 7.26. The Hall–Kier alpha value is -3.74. The van der Waals surface area contributed by atoms with Gasteiger partial charge in [0.1, 0.15) is 6.61 Å². The fourth-order valence-electron chi connectivity index (χ4n) is 4.27. The maximum atomic E-state index is 12.8. The number of nitrogens with zero attached hydrogens (tertiary/aromatic N) is 3. The summed E-state index contributed by atoms with van der Waals surface area (Å²) in [6, 6.07) is 17.9. The average Bonchev–Trinajstić information content (AvgIpc) is 3.10. The van der Waals surface area contributed by atoms with Crippen molar-refractivity contribution in [1.29, 1.82) is 0 Å². The molecule has 7 nitrogen and oxygen atoms in total. The summed E-state index contributed by atoms with van der Waals surface area (Å²) in [5.74, 6) is -1.13. The van der Waals surface area contributed by atoms with Crippen molar-refractivity contribution < 1.29 is 19.4 Å². The van der Waals surface area contributed by atoms with Gasteiger partial charge in [-0.3, -0.25) is 0 Å². The van der Waals surface area contributed by atoms with E-state index in [-0.39, 0.29) is 24.8 Å². The number of aromatic carboxylic acids is 1. The SMILES string of the molecule is O=C(O)c1cc2c(nn1)CCN(C(=O)OCC1c3ccccc3-c3ccccc31)C2. The molecule has 0 unspecified atom stereocenters. The van der Waals surface area contributed by atoms with Crippen LogP contribution in [0.15, 0.2) is 54.6 Å². The Labute approximate surface area is 172 Å². The van der Waals surface area contributed by atoms with Gasteiger partial charge in [-0.05, 0) is 33.9 Å². The summed E-state index contributed by atoms with van der Waals surface area (Å²) >= 11 is 0. The lowest BCUT2D eigenvalue weighted by atomic mass is 9.98. The molecule has 2 heterocycles. The Morgan fingerprint density at radius 2 is 1.70 bits per heavy atom. The summed E-state index contributed by atoms with van der Waals surface area (Å²) in [6.07, 6.45) is 0.114. The lowest BCUT2D eigenvalue weighted by molar-refractivity contribution is 0.0688.